The normalized spacial score (nSPS) is 20.1. The first-order chi connectivity index (χ1) is 8.24. The minimum Gasteiger partial charge on any atom is -0.469 e. The van der Waals surface area contributed by atoms with Crippen molar-refractivity contribution in [3.8, 4) is 5.19 Å². The highest BCUT2D eigenvalue weighted by Crippen LogP contribution is 2.20. The zero-order chi connectivity index (χ0) is 12.1. The van der Waals surface area contributed by atoms with Crippen molar-refractivity contribution in [1.29, 1.82) is 0 Å². The van der Waals surface area contributed by atoms with Gasteiger partial charge in [-0.15, -0.1) is 10.2 Å². The highest BCUT2D eigenvalue weighted by Gasteiger charge is 2.17. The van der Waals surface area contributed by atoms with Crippen molar-refractivity contribution in [2.45, 2.75) is 32.9 Å². The van der Waals surface area contributed by atoms with Crippen LogP contribution in [0.5, 0.6) is 5.19 Å². The van der Waals surface area contributed by atoms with Gasteiger partial charge in [0.15, 0.2) is 0 Å². The molecule has 0 aliphatic carbocycles. The zero-order valence-corrected chi connectivity index (χ0v) is 11.1. The van der Waals surface area contributed by atoms with Crippen LogP contribution in [0.15, 0.2) is 0 Å². The van der Waals surface area contributed by atoms with Crippen molar-refractivity contribution < 1.29 is 9.47 Å². The predicted octanol–water partition coefficient (Wildman–Crippen LogP) is 1.45. The molecule has 1 unspecified atom stereocenters. The molecule has 1 N–H and O–H groups in total. The molecule has 0 bridgehead atoms. The fourth-order valence-electron chi connectivity index (χ4n) is 1.56. The summed E-state index contributed by atoms with van der Waals surface area (Å²) >= 11 is 1.51. The summed E-state index contributed by atoms with van der Waals surface area (Å²) in [4.78, 5) is 0. The molecule has 2 rings (SSSR count). The van der Waals surface area contributed by atoms with E-state index in [1.807, 2.05) is 0 Å². The van der Waals surface area contributed by atoms with E-state index in [2.05, 4.69) is 29.4 Å². The Kier molecular flexibility index (Phi) is 4.70. The molecule has 1 aromatic heterocycles. The zero-order valence-electron chi connectivity index (χ0n) is 10.3. The summed E-state index contributed by atoms with van der Waals surface area (Å²) in [6.07, 6.45) is 1.08. The maximum atomic E-state index is 5.61. The van der Waals surface area contributed by atoms with Crippen molar-refractivity contribution >= 4 is 11.3 Å². The Hall–Kier alpha value is -0.720. The molecule has 1 atom stereocenters. The van der Waals surface area contributed by atoms with Gasteiger partial charge in [0.05, 0.1) is 19.8 Å². The molecule has 1 aliphatic heterocycles. The summed E-state index contributed by atoms with van der Waals surface area (Å²) in [5.41, 5.74) is 0. The quantitative estimate of drug-likeness (QED) is 0.836. The lowest BCUT2D eigenvalue weighted by atomic mass is 10.1. The van der Waals surface area contributed by atoms with Crippen LogP contribution in [0.3, 0.4) is 0 Å². The number of rotatable bonds is 6. The summed E-state index contributed by atoms with van der Waals surface area (Å²) in [5.74, 6) is 0.510. The van der Waals surface area contributed by atoms with Gasteiger partial charge in [0, 0.05) is 18.6 Å². The van der Waals surface area contributed by atoms with E-state index >= 15 is 0 Å². The molecule has 17 heavy (non-hydrogen) atoms. The molecule has 6 heteroatoms. The molecule has 1 saturated heterocycles. The summed E-state index contributed by atoms with van der Waals surface area (Å²) in [7, 11) is 0. The van der Waals surface area contributed by atoms with Crippen LogP contribution in [0.4, 0.5) is 0 Å². The molecule has 96 valence electrons. The summed E-state index contributed by atoms with van der Waals surface area (Å²) < 4.78 is 10.9. The number of nitrogens with one attached hydrogen (secondary N) is 1. The SMILES string of the molecule is CC(C)NCc1nnc(OCC2CCOC2)s1. The minimum atomic E-state index is 0.457. The largest absolute Gasteiger partial charge is 0.469 e. The smallest absolute Gasteiger partial charge is 0.294 e. The summed E-state index contributed by atoms with van der Waals surface area (Å²) in [6.45, 7) is 7.32. The number of hydrogen-bond donors (Lipinski definition) is 1. The average molecular weight is 257 g/mol. The minimum absolute atomic E-state index is 0.457. The van der Waals surface area contributed by atoms with Crippen LogP contribution in [0.2, 0.25) is 0 Å². The second-order valence-corrected chi connectivity index (χ2v) is 5.56. The average Bonchev–Trinajstić information content (AvgIpc) is 2.95. The predicted molar refractivity (Wildman–Crippen MR) is 66.3 cm³/mol. The van der Waals surface area contributed by atoms with Gasteiger partial charge in [0.2, 0.25) is 0 Å². The lowest BCUT2D eigenvalue weighted by Gasteiger charge is -2.06. The fraction of sp³-hybridized carbons (Fsp3) is 0.818. The van der Waals surface area contributed by atoms with Crippen LogP contribution >= 0.6 is 11.3 Å². The van der Waals surface area contributed by atoms with Crippen LogP contribution in [-0.4, -0.2) is 36.1 Å². The first-order valence-electron chi connectivity index (χ1n) is 6.00. The van der Waals surface area contributed by atoms with Crippen LogP contribution in [0.25, 0.3) is 0 Å². The number of nitrogens with zero attached hydrogens (tertiary/aromatic N) is 2. The molecular formula is C11H19N3O2S. The number of hydrogen-bond acceptors (Lipinski definition) is 6. The van der Waals surface area contributed by atoms with Gasteiger partial charge in [-0.25, -0.2) is 0 Å². The van der Waals surface area contributed by atoms with Crippen LogP contribution < -0.4 is 10.1 Å². The van der Waals surface area contributed by atoms with E-state index in [0.29, 0.717) is 23.8 Å². The Morgan fingerprint density at radius 1 is 1.53 bits per heavy atom. The van der Waals surface area contributed by atoms with Gasteiger partial charge in [0.1, 0.15) is 5.01 Å². The van der Waals surface area contributed by atoms with Gasteiger partial charge in [0.25, 0.3) is 5.19 Å². The van der Waals surface area contributed by atoms with Gasteiger partial charge in [-0.1, -0.05) is 25.2 Å². The lowest BCUT2D eigenvalue weighted by molar-refractivity contribution is 0.166. The van der Waals surface area contributed by atoms with Gasteiger partial charge in [-0.2, -0.15) is 0 Å². The summed E-state index contributed by atoms with van der Waals surface area (Å²) in [5, 5.41) is 13.0. The van der Waals surface area contributed by atoms with Crippen molar-refractivity contribution in [2.24, 2.45) is 5.92 Å². The lowest BCUT2D eigenvalue weighted by Crippen LogP contribution is -2.21. The van der Waals surface area contributed by atoms with Crippen LogP contribution in [0, 0.1) is 5.92 Å². The standard InChI is InChI=1S/C11H19N3O2S/c1-8(2)12-5-10-13-14-11(17-10)16-7-9-3-4-15-6-9/h8-9,12H,3-7H2,1-2H3. The van der Waals surface area contributed by atoms with E-state index in [1.54, 1.807) is 0 Å². The first-order valence-corrected chi connectivity index (χ1v) is 6.82. The first kappa shape index (κ1) is 12.7. The van der Waals surface area contributed by atoms with Gasteiger partial charge in [-0.05, 0) is 6.42 Å². The van der Waals surface area contributed by atoms with E-state index in [-0.39, 0.29) is 0 Å². The molecule has 5 nitrogen and oxygen atoms in total. The van der Waals surface area contributed by atoms with E-state index in [1.165, 1.54) is 11.3 Å². The van der Waals surface area contributed by atoms with Crippen molar-refractivity contribution in [2.75, 3.05) is 19.8 Å². The van der Waals surface area contributed by atoms with Crippen LogP contribution in [-0.2, 0) is 11.3 Å². The Labute approximate surface area is 106 Å². The maximum absolute atomic E-state index is 5.61. The van der Waals surface area contributed by atoms with Crippen molar-refractivity contribution in [1.82, 2.24) is 15.5 Å². The second-order valence-electron chi connectivity index (χ2n) is 4.54. The van der Waals surface area contributed by atoms with E-state index in [4.69, 9.17) is 9.47 Å². The third-order valence-electron chi connectivity index (χ3n) is 2.58. The fourth-order valence-corrected chi connectivity index (χ4v) is 2.21. The van der Waals surface area contributed by atoms with Gasteiger partial charge < -0.3 is 14.8 Å². The molecule has 0 spiro atoms. The van der Waals surface area contributed by atoms with Crippen molar-refractivity contribution in [3.63, 3.8) is 0 Å². The van der Waals surface area contributed by atoms with E-state index < -0.39 is 0 Å². The molecule has 1 aliphatic rings. The molecule has 0 aromatic carbocycles. The third-order valence-corrected chi connectivity index (χ3v) is 3.41. The molecule has 0 saturated carbocycles. The molecular weight excluding hydrogens is 238 g/mol. The Bertz CT molecular complexity index is 337. The molecule has 1 fully saturated rings. The second kappa shape index (κ2) is 6.28. The molecule has 0 amide bonds. The van der Waals surface area contributed by atoms with Crippen LogP contribution in [0.1, 0.15) is 25.3 Å². The Morgan fingerprint density at radius 3 is 3.12 bits per heavy atom. The molecule has 2 heterocycles. The molecule has 1 aromatic rings. The highest BCUT2D eigenvalue weighted by atomic mass is 32.1. The topological polar surface area (TPSA) is 56.3 Å². The number of aromatic nitrogens is 2. The highest BCUT2D eigenvalue weighted by molar-refractivity contribution is 7.13. The van der Waals surface area contributed by atoms with Gasteiger partial charge >= 0.3 is 0 Å². The monoisotopic (exact) mass is 257 g/mol. The van der Waals surface area contributed by atoms with Gasteiger partial charge in [-0.3, -0.25) is 0 Å². The Balaban J connectivity index is 1.73. The number of ether oxygens (including phenoxy) is 2. The van der Waals surface area contributed by atoms with Crippen molar-refractivity contribution in [3.05, 3.63) is 5.01 Å². The summed E-state index contributed by atoms with van der Waals surface area (Å²) in [6, 6.07) is 0.457. The third kappa shape index (κ3) is 4.22. The Morgan fingerprint density at radius 2 is 2.41 bits per heavy atom. The van der Waals surface area contributed by atoms with E-state index in [0.717, 1.165) is 31.2 Å². The van der Waals surface area contributed by atoms with E-state index in [9.17, 15) is 0 Å². The molecule has 0 radical (unpaired) electrons. The maximum Gasteiger partial charge on any atom is 0.294 e.